The molecule has 1 aromatic carbocycles. The van der Waals surface area contributed by atoms with E-state index < -0.39 is 54.9 Å². The van der Waals surface area contributed by atoms with Gasteiger partial charge in [0.1, 0.15) is 11.3 Å². The first-order valence-electron chi connectivity index (χ1n) is 14.3. The number of benzene rings is 1. The molecular weight excluding hydrogens is 607 g/mol. The summed E-state index contributed by atoms with van der Waals surface area (Å²) < 4.78 is 59.8. The van der Waals surface area contributed by atoms with Gasteiger partial charge < -0.3 is 33.8 Å². The summed E-state index contributed by atoms with van der Waals surface area (Å²) >= 11 is 0. The Morgan fingerprint density at radius 1 is 1.28 bits per heavy atom. The monoisotopic (exact) mass is 641 g/mol. The summed E-state index contributed by atoms with van der Waals surface area (Å²) in [6.45, 7) is 3.49. The Balaban J connectivity index is 1.35. The zero-order valence-electron chi connectivity index (χ0n) is 24.0. The number of halogens is 1. The minimum absolute atomic E-state index is 0.000569. The number of methoxy groups -OCH3 is 1. The minimum atomic E-state index is -4.26. The smallest absolute Gasteiger partial charge is 0.413 e. The molecule has 4 fully saturated rings. The number of ether oxygens (including phenoxy) is 2. The number of fused-ring (bicyclic) bond motifs is 2. The van der Waals surface area contributed by atoms with Gasteiger partial charge in [0, 0.05) is 44.7 Å². The molecule has 0 radical (unpaired) electrons. The number of carbonyl (C=O) groups excluding carboxylic acids is 1. The number of anilines is 1. The zero-order chi connectivity index (χ0) is 31.1. The lowest BCUT2D eigenvalue weighted by atomic mass is 9.92. The SMILES string of the molecule is CCCP1(=O)OC1(OC(=O)N1CCCC2CN(c3c(F)cc4c(=O)c(C(=O)O)cn(C5CC5)c4c3OC)CC21)P(C)(=O)O. The van der Waals surface area contributed by atoms with Crippen LogP contribution >= 0.6 is 14.7 Å². The Hall–Kier alpha value is -2.92. The number of nitrogens with zero attached hydrogens (tertiary/aromatic N) is 3. The Kier molecular flexibility index (Phi) is 7.23. The van der Waals surface area contributed by atoms with Crippen LogP contribution in [-0.2, 0) is 18.4 Å². The highest BCUT2D eigenvalue weighted by Crippen LogP contribution is 2.90. The van der Waals surface area contributed by atoms with Crippen molar-refractivity contribution in [3.8, 4) is 5.75 Å². The predicted octanol–water partition coefficient (Wildman–Crippen LogP) is 4.45. The lowest BCUT2D eigenvalue weighted by Gasteiger charge is -2.36. The van der Waals surface area contributed by atoms with E-state index in [1.165, 1.54) is 18.2 Å². The number of pyridine rings is 1. The number of rotatable bonds is 8. The maximum Gasteiger partial charge on any atom is 0.413 e. The molecular formula is C27H34FN3O10P2. The highest BCUT2D eigenvalue weighted by Gasteiger charge is 2.80. The summed E-state index contributed by atoms with van der Waals surface area (Å²) in [4.78, 5) is 51.8. The number of hydrogen-bond acceptors (Lipinski definition) is 9. The standard InChI is InChI=1S/C27H34FN3O10P2/c1-4-10-43(38)27(41-43,42(3,36)37)40-26(35)30-9-5-6-15-12-29(14-20(15)30)22-19(28)11-17-21(24(22)39-2)31(16-7-8-16)13-18(23(17)32)25(33)34/h11,13,15-16,20H,4-10,12,14H2,1-3H3,(H,33,34)(H,36,37). The second-order valence-electron chi connectivity index (χ2n) is 11.8. The molecule has 2 N–H and O–H groups in total. The van der Waals surface area contributed by atoms with Crippen LogP contribution in [0.1, 0.15) is 55.4 Å². The van der Waals surface area contributed by atoms with E-state index in [9.17, 15) is 33.5 Å². The molecule has 6 rings (SSSR count). The molecule has 43 heavy (non-hydrogen) atoms. The van der Waals surface area contributed by atoms with Crippen molar-refractivity contribution < 1.29 is 47.1 Å². The van der Waals surface area contributed by atoms with Gasteiger partial charge in [-0.2, -0.15) is 0 Å². The van der Waals surface area contributed by atoms with Crippen LogP contribution in [-0.4, -0.2) is 82.4 Å². The Labute approximate surface area is 246 Å². The number of hydrogen-bond donors (Lipinski definition) is 2. The van der Waals surface area contributed by atoms with Crippen molar-refractivity contribution in [3.63, 3.8) is 0 Å². The molecule has 234 valence electrons. The van der Waals surface area contributed by atoms with Gasteiger partial charge in [0.25, 0.3) is 14.7 Å². The molecule has 1 saturated carbocycles. The summed E-state index contributed by atoms with van der Waals surface area (Å²) in [5.74, 6) is -2.17. The van der Waals surface area contributed by atoms with Crippen LogP contribution in [0.3, 0.4) is 0 Å². The van der Waals surface area contributed by atoms with Gasteiger partial charge in [-0.3, -0.25) is 18.4 Å². The van der Waals surface area contributed by atoms with Crippen LogP contribution in [0.25, 0.3) is 10.9 Å². The third-order valence-electron chi connectivity index (χ3n) is 8.83. The topological polar surface area (TPSA) is 168 Å². The van der Waals surface area contributed by atoms with E-state index in [1.807, 2.05) is 0 Å². The minimum Gasteiger partial charge on any atom is -0.492 e. The molecule has 13 nitrogen and oxygen atoms in total. The first-order valence-corrected chi connectivity index (χ1v) is 18.2. The molecule has 16 heteroatoms. The molecule has 1 amide bonds. The Bertz CT molecular complexity index is 1690. The average Bonchev–Trinajstić information content (AvgIpc) is 3.82. The number of piperidine rings is 1. The van der Waals surface area contributed by atoms with E-state index in [1.54, 1.807) is 16.4 Å². The lowest BCUT2D eigenvalue weighted by Crippen LogP contribution is -2.49. The van der Waals surface area contributed by atoms with E-state index in [4.69, 9.17) is 14.0 Å². The first kappa shape index (κ1) is 30.1. The van der Waals surface area contributed by atoms with Gasteiger partial charge >= 0.3 is 17.3 Å². The van der Waals surface area contributed by atoms with Crippen molar-refractivity contribution in [2.45, 2.75) is 56.4 Å². The van der Waals surface area contributed by atoms with Gasteiger partial charge in [0.15, 0.2) is 11.6 Å². The van der Waals surface area contributed by atoms with E-state index in [2.05, 4.69) is 0 Å². The number of aromatic nitrogens is 1. The van der Waals surface area contributed by atoms with Gasteiger partial charge in [-0.1, -0.05) is 6.92 Å². The lowest BCUT2D eigenvalue weighted by molar-refractivity contribution is 0.0131. The highest BCUT2D eigenvalue weighted by atomic mass is 31.2. The van der Waals surface area contributed by atoms with Gasteiger partial charge in [0.2, 0.25) is 5.43 Å². The van der Waals surface area contributed by atoms with Crippen molar-refractivity contribution in [1.29, 1.82) is 0 Å². The van der Waals surface area contributed by atoms with Crippen molar-refractivity contribution in [2.75, 3.05) is 44.5 Å². The number of carboxylic acid groups (broad SMARTS) is 1. The van der Waals surface area contributed by atoms with Crippen LogP contribution in [0.15, 0.2) is 17.1 Å². The molecule has 5 atom stereocenters. The first-order chi connectivity index (χ1) is 20.3. The highest BCUT2D eigenvalue weighted by molar-refractivity contribution is 7.83. The molecule has 2 aromatic rings. The van der Waals surface area contributed by atoms with Crippen LogP contribution in [0.2, 0.25) is 0 Å². The third-order valence-corrected chi connectivity index (χ3v) is 14.7. The van der Waals surface area contributed by atoms with E-state index in [-0.39, 0.29) is 48.0 Å². The van der Waals surface area contributed by atoms with Gasteiger partial charge in [-0.15, -0.1) is 0 Å². The second-order valence-corrected chi connectivity index (χ2v) is 17.1. The summed E-state index contributed by atoms with van der Waals surface area (Å²) in [6, 6.07) is 0.535. The molecule has 4 aliphatic rings. The normalized spacial score (nSPS) is 29.7. The number of amides is 1. The van der Waals surface area contributed by atoms with Gasteiger partial charge in [-0.05, 0) is 44.1 Å². The molecule has 3 aliphatic heterocycles. The number of likely N-dealkylation sites (tertiary alicyclic amines) is 1. The van der Waals surface area contributed by atoms with E-state index >= 15 is 4.39 Å². The largest absolute Gasteiger partial charge is 0.492 e. The van der Waals surface area contributed by atoms with Crippen LogP contribution in [0.4, 0.5) is 14.9 Å². The fourth-order valence-corrected chi connectivity index (χ4v) is 12.3. The summed E-state index contributed by atoms with van der Waals surface area (Å²) in [6.07, 6.45) is 3.64. The van der Waals surface area contributed by atoms with Crippen molar-refractivity contribution in [1.82, 2.24) is 9.47 Å². The summed E-state index contributed by atoms with van der Waals surface area (Å²) in [7, 11) is -6.56. The van der Waals surface area contributed by atoms with E-state index in [0.717, 1.165) is 32.0 Å². The number of carbonyl (C=O) groups is 2. The molecule has 0 spiro atoms. The fourth-order valence-electron chi connectivity index (χ4n) is 6.67. The summed E-state index contributed by atoms with van der Waals surface area (Å²) in [5, 5.41) is 7.15. The van der Waals surface area contributed by atoms with Crippen molar-refractivity contribution in [2.24, 2.45) is 5.92 Å². The Morgan fingerprint density at radius 2 is 2.00 bits per heavy atom. The quantitative estimate of drug-likeness (QED) is 0.309. The number of carboxylic acids is 1. The fraction of sp³-hybridized carbons (Fsp3) is 0.593. The van der Waals surface area contributed by atoms with Crippen molar-refractivity contribution in [3.05, 3.63) is 33.9 Å². The molecule has 4 heterocycles. The molecule has 1 aliphatic carbocycles. The van der Waals surface area contributed by atoms with Crippen molar-refractivity contribution >= 4 is 43.4 Å². The van der Waals surface area contributed by atoms with Crippen LogP contribution in [0.5, 0.6) is 5.75 Å². The molecule has 1 aromatic heterocycles. The van der Waals surface area contributed by atoms with Crippen LogP contribution < -0.4 is 15.1 Å². The van der Waals surface area contributed by atoms with Gasteiger partial charge in [-0.25, -0.2) is 14.0 Å². The second kappa shape index (κ2) is 10.3. The third kappa shape index (κ3) is 4.69. The maximum absolute atomic E-state index is 15.9. The predicted molar refractivity (Wildman–Crippen MR) is 154 cm³/mol. The average molecular weight is 642 g/mol. The molecule has 0 bridgehead atoms. The summed E-state index contributed by atoms with van der Waals surface area (Å²) in [5.41, 5.74) is -0.850. The zero-order valence-corrected chi connectivity index (χ0v) is 25.8. The van der Waals surface area contributed by atoms with Crippen LogP contribution in [0, 0.1) is 11.7 Å². The molecule has 3 saturated heterocycles. The Morgan fingerprint density at radius 3 is 2.60 bits per heavy atom. The maximum atomic E-state index is 15.9. The van der Waals surface area contributed by atoms with Gasteiger partial charge in [0.05, 0.1) is 24.1 Å². The van der Waals surface area contributed by atoms with E-state index in [0.29, 0.717) is 24.9 Å². The number of aromatic carboxylic acids is 1. The molecule has 5 unspecified atom stereocenters.